The van der Waals surface area contributed by atoms with Crippen molar-refractivity contribution < 1.29 is 9.53 Å². The van der Waals surface area contributed by atoms with Crippen molar-refractivity contribution in [3.8, 4) is 5.75 Å². The highest BCUT2D eigenvalue weighted by atomic mass is 79.9. The highest BCUT2D eigenvalue weighted by molar-refractivity contribution is 9.09. The molecule has 0 aliphatic carbocycles. The molecule has 1 amide bonds. The molecule has 18 heavy (non-hydrogen) atoms. The van der Waals surface area contributed by atoms with Crippen molar-refractivity contribution in [2.24, 2.45) is 0 Å². The van der Waals surface area contributed by atoms with Gasteiger partial charge in [-0.25, -0.2) is 0 Å². The predicted molar refractivity (Wildman–Crippen MR) is 75.2 cm³/mol. The van der Waals surface area contributed by atoms with E-state index in [2.05, 4.69) is 28.1 Å². The van der Waals surface area contributed by atoms with Crippen molar-refractivity contribution >= 4 is 21.8 Å². The molecule has 0 spiro atoms. The lowest BCUT2D eigenvalue weighted by molar-refractivity contribution is -0.127. The zero-order chi connectivity index (χ0) is 13.0. The topological polar surface area (TPSA) is 29.5 Å². The third kappa shape index (κ3) is 3.48. The lowest BCUT2D eigenvalue weighted by Crippen LogP contribution is -2.27. The van der Waals surface area contributed by atoms with E-state index < -0.39 is 0 Å². The SMILES string of the molecule is CCOc1ccc(CCN2CC(Br)CC2=O)cc1. The summed E-state index contributed by atoms with van der Waals surface area (Å²) in [5, 5.41) is 0. The Labute approximate surface area is 116 Å². The van der Waals surface area contributed by atoms with Gasteiger partial charge in [0.2, 0.25) is 5.91 Å². The Hall–Kier alpha value is -1.03. The average molecular weight is 312 g/mol. The molecule has 1 aromatic carbocycles. The van der Waals surface area contributed by atoms with Crippen LogP contribution in [0.3, 0.4) is 0 Å². The van der Waals surface area contributed by atoms with Crippen LogP contribution in [-0.4, -0.2) is 35.3 Å². The minimum absolute atomic E-state index is 0.253. The number of hydrogen-bond donors (Lipinski definition) is 0. The highest BCUT2D eigenvalue weighted by Crippen LogP contribution is 2.19. The second-order valence-electron chi connectivity index (χ2n) is 4.47. The minimum atomic E-state index is 0.253. The Kier molecular flexibility index (Phi) is 4.64. The van der Waals surface area contributed by atoms with E-state index in [1.807, 2.05) is 24.0 Å². The van der Waals surface area contributed by atoms with Crippen molar-refractivity contribution in [1.82, 2.24) is 4.90 Å². The number of carbonyl (C=O) groups excluding carboxylic acids is 1. The van der Waals surface area contributed by atoms with E-state index in [4.69, 9.17) is 4.74 Å². The van der Waals surface area contributed by atoms with Gasteiger partial charge in [-0.3, -0.25) is 4.79 Å². The third-order valence-electron chi connectivity index (χ3n) is 3.07. The molecule has 0 bridgehead atoms. The Morgan fingerprint density at radius 1 is 1.39 bits per heavy atom. The molecular formula is C14H18BrNO2. The molecule has 0 saturated carbocycles. The van der Waals surface area contributed by atoms with Crippen LogP contribution in [0.15, 0.2) is 24.3 Å². The number of carbonyl (C=O) groups is 1. The van der Waals surface area contributed by atoms with E-state index in [1.54, 1.807) is 0 Å². The number of alkyl halides is 1. The highest BCUT2D eigenvalue weighted by Gasteiger charge is 2.26. The van der Waals surface area contributed by atoms with Crippen LogP contribution in [0, 0.1) is 0 Å². The molecule has 4 heteroatoms. The number of halogens is 1. The molecule has 0 N–H and O–H groups in total. The van der Waals surface area contributed by atoms with Crippen molar-refractivity contribution in [2.75, 3.05) is 19.7 Å². The van der Waals surface area contributed by atoms with Gasteiger partial charge >= 0.3 is 0 Å². The summed E-state index contributed by atoms with van der Waals surface area (Å²) in [6, 6.07) is 8.10. The molecular weight excluding hydrogens is 294 g/mol. The molecule has 0 radical (unpaired) electrons. The van der Waals surface area contributed by atoms with E-state index in [0.29, 0.717) is 17.9 Å². The van der Waals surface area contributed by atoms with E-state index in [1.165, 1.54) is 5.56 Å². The van der Waals surface area contributed by atoms with Crippen LogP contribution < -0.4 is 4.74 Å². The largest absolute Gasteiger partial charge is 0.494 e. The fraction of sp³-hybridized carbons (Fsp3) is 0.500. The van der Waals surface area contributed by atoms with Crippen LogP contribution in [0.4, 0.5) is 0 Å². The fourth-order valence-electron chi connectivity index (χ4n) is 2.12. The molecule has 1 aliphatic heterocycles. The lowest BCUT2D eigenvalue weighted by Gasteiger charge is -2.15. The molecule has 1 fully saturated rings. The van der Waals surface area contributed by atoms with Crippen LogP contribution in [0.5, 0.6) is 5.75 Å². The van der Waals surface area contributed by atoms with Crippen LogP contribution in [-0.2, 0) is 11.2 Å². The van der Waals surface area contributed by atoms with Gasteiger partial charge in [-0.2, -0.15) is 0 Å². The standard InChI is InChI=1S/C14H18BrNO2/c1-2-18-13-5-3-11(4-6-13)7-8-16-10-12(15)9-14(16)17/h3-6,12H,2,7-10H2,1H3. The summed E-state index contributed by atoms with van der Waals surface area (Å²) >= 11 is 3.49. The zero-order valence-electron chi connectivity index (χ0n) is 10.6. The number of likely N-dealkylation sites (tertiary alicyclic amines) is 1. The van der Waals surface area contributed by atoms with Crippen LogP contribution in [0.1, 0.15) is 18.9 Å². The molecule has 1 atom stereocenters. The van der Waals surface area contributed by atoms with Gasteiger partial charge in [0, 0.05) is 24.3 Å². The average Bonchev–Trinajstić information content (AvgIpc) is 2.67. The van der Waals surface area contributed by atoms with Crippen LogP contribution >= 0.6 is 15.9 Å². The van der Waals surface area contributed by atoms with E-state index >= 15 is 0 Å². The molecule has 1 aliphatic rings. The summed E-state index contributed by atoms with van der Waals surface area (Å²) in [5.41, 5.74) is 1.24. The first kappa shape index (κ1) is 13.4. The van der Waals surface area contributed by atoms with Crippen molar-refractivity contribution in [3.63, 3.8) is 0 Å². The van der Waals surface area contributed by atoms with Gasteiger partial charge in [-0.05, 0) is 31.0 Å². The summed E-state index contributed by atoms with van der Waals surface area (Å²) in [7, 11) is 0. The lowest BCUT2D eigenvalue weighted by atomic mass is 10.1. The third-order valence-corrected chi connectivity index (χ3v) is 3.69. The van der Waals surface area contributed by atoms with Gasteiger partial charge in [0.1, 0.15) is 5.75 Å². The Morgan fingerprint density at radius 3 is 2.67 bits per heavy atom. The molecule has 1 aromatic rings. The molecule has 2 rings (SSSR count). The first-order valence-electron chi connectivity index (χ1n) is 6.32. The predicted octanol–water partition coefficient (Wildman–Crippen LogP) is 2.62. The minimum Gasteiger partial charge on any atom is -0.494 e. The summed E-state index contributed by atoms with van der Waals surface area (Å²) in [6.45, 7) is 4.29. The van der Waals surface area contributed by atoms with Crippen LogP contribution in [0.2, 0.25) is 0 Å². The molecule has 1 saturated heterocycles. The first-order chi connectivity index (χ1) is 8.69. The Bertz CT molecular complexity index is 405. The van der Waals surface area contributed by atoms with Gasteiger partial charge in [0.15, 0.2) is 0 Å². The monoisotopic (exact) mass is 311 g/mol. The number of amides is 1. The number of benzene rings is 1. The second kappa shape index (κ2) is 6.23. The smallest absolute Gasteiger partial charge is 0.223 e. The number of ether oxygens (including phenoxy) is 1. The summed E-state index contributed by atoms with van der Waals surface area (Å²) < 4.78 is 5.40. The van der Waals surface area contributed by atoms with Crippen molar-refractivity contribution in [3.05, 3.63) is 29.8 Å². The van der Waals surface area contributed by atoms with Crippen molar-refractivity contribution in [1.29, 1.82) is 0 Å². The normalized spacial score (nSPS) is 19.3. The number of nitrogens with zero attached hydrogens (tertiary/aromatic N) is 1. The van der Waals surface area contributed by atoms with Crippen LogP contribution in [0.25, 0.3) is 0 Å². The Morgan fingerprint density at radius 2 is 2.11 bits per heavy atom. The van der Waals surface area contributed by atoms with E-state index in [9.17, 15) is 4.79 Å². The quantitative estimate of drug-likeness (QED) is 0.782. The van der Waals surface area contributed by atoms with Gasteiger partial charge in [-0.15, -0.1) is 0 Å². The van der Waals surface area contributed by atoms with Gasteiger partial charge in [0.25, 0.3) is 0 Å². The summed E-state index contributed by atoms with van der Waals surface area (Å²) in [4.78, 5) is 13.9. The number of hydrogen-bond acceptors (Lipinski definition) is 2. The first-order valence-corrected chi connectivity index (χ1v) is 7.24. The van der Waals surface area contributed by atoms with Gasteiger partial charge in [-0.1, -0.05) is 28.1 Å². The molecule has 1 unspecified atom stereocenters. The van der Waals surface area contributed by atoms with Gasteiger partial charge in [0.05, 0.1) is 6.61 Å². The molecule has 1 heterocycles. The summed E-state index contributed by atoms with van der Waals surface area (Å²) in [5.74, 6) is 1.15. The van der Waals surface area contributed by atoms with Gasteiger partial charge < -0.3 is 9.64 Å². The van der Waals surface area contributed by atoms with Crippen molar-refractivity contribution in [2.45, 2.75) is 24.6 Å². The number of rotatable bonds is 5. The molecule has 3 nitrogen and oxygen atoms in total. The fourth-order valence-corrected chi connectivity index (χ4v) is 2.75. The second-order valence-corrected chi connectivity index (χ2v) is 5.76. The molecule has 0 aromatic heterocycles. The maximum absolute atomic E-state index is 11.6. The maximum Gasteiger partial charge on any atom is 0.223 e. The molecule has 98 valence electrons. The van der Waals surface area contributed by atoms with E-state index in [0.717, 1.165) is 25.3 Å². The Balaban J connectivity index is 1.84. The zero-order valence-corrected chi connectivity index (χ0v) is 12.1. The van der Waals surface area contributed by atoms with E-state index in [-0.39, 0.29) is 5.91 Å². The maximum atomic E-state index is 11.6. The summed E-state index contributed by atoms with van der Waals surface area (Å²) in [6.07, 6.45) is 1.53.